The fourth-order valence-electron chi connectivity index (χ4n) is 8.84. The highest BCUT2D eigenvalue weighted by molar-refractivity contribution is 8.76. The van der Waals surface area contributed by atoms with Crippen molar-refractivity contribution in [2.24, 2.45) is 0 Å². The number of amides is 2. The number of nitrogens with one attached hydrogen (secondary N) is 2. The van der Waals surface area contributed by atoms with E-state index in [9.17, 15) is 9.59 Å². The maximum Gasteiger partial charge on any atom is 0.407 e. The fourth-order valence-corrected chi connectivity index (χ4v) is 11.1. The average Bonchev–Trinajstić information content (AvgIpc) is 3.78. The van der Waals surface area contributed by atoms with Crippen molar-refractivity contribution in [3.05, 3.63) is 119 Å². The maximum atomic E-state index is 12.4. The Bertz CT molecular complexity index is 1660. The Hall–Kier alpha value is -3.88. The van der Waals surface area contributed by atoms with E-state index in [1.807, 2.05) is 0 Å². The first kappa shape index (κ1) is 45.6. The summed E-state index contributed by atoms with van der Waals surface area (Å²) in [7, 11) is 4.14. The molecule has 4 aromatic rings. The third-order valence-electron chi connectivity index (χ3n) is 12.1. The lowest BCUT2D eigenvalue weighted by Gasteiger charge is -2.14. The van der Waals surface area contributed by atoms with Gasteiger partial charge in [-0.15, -0.1) is 0 Å². The highest BCUT2D eigenvalue weighted by Crippen LogP contribution is 2.45. The molecule has 0 radical (unpaired) electrons. The van der Waals surface area contributed by atoms with Crippen LogP contribution in [0.4, 0.5) is 9.59 Å². The molecule has 0 spiro atoms. The van der Waals surface area contributed by atoms with Gasteiger partial charge in [0.2, 0.25) is 0 Å². The molecule has 0 bridgehead atoms. The van der Waals surface area contributed by atoms with E-state index in [1.54, 1.807) is 0 Å². The highest BCUT2D eigenvalue weighted by atomic mass is 33.1. The summed E-state index contributed by atoms with van der Waals surface area (Å²) >= 11 is 0. The normalized spacial score (nSPS) is 12.7. The van der Waals surface area contributed by atoms with E-state index in [1.165, 1.54) is 146 Å². The van der Waals surface area contributed by atoms with E-state index in [2.05, 4.69) is 129 Å². The van der Waals surface area contributed by atoms with Crippen molar-refractivity contribution in [1.82, 2.24) is 10.6 Å². The lowest BCUT2D eigenvalue weighted by atomic mass is 9.98. The van der Waals surface area contributed by atoms with Gasteiger partial charge < -0.3 is 20.1 Å². The molecule has 2 N–H and O–H groups in total. The van der Waals surface area contributed by atoms with Crippen molar-refractivity contribution < 1.29 is 19.1 Å². The first-order chi connectivity index (χ1) is 29.7. The molecule has 2 aliphatic rings. The summed E-state index contributed by atoms with van der Waals surface area (Å²) in [5.41, 5.74) is 9.99. The zero-order chi connectivity index (χ0) is 41.5. The summed E-state index contributed by atoms with van der Waals surface area (Å²) < 4.78 is 11.3. The second kappa shape index (κ2) is 26.5. The molecule has 0 unspecified atom stereocenters. The molecule has 6 rings (SSSR count). The first-order valence-electron chi connectivity index (χ1n) is 23.1. The van der Waals surface area contributed by atoms with Gasteiger partial charge >= 0.3 is 12.2 Å². The molecular formula is C52H68N2O4S2. The molecule has 0 heterocycles. The molecule has 0 fully saturated rings. The van der Waals surface area contributed by atoms with Crippen LogP contribution in [0.15, 0.2) is 97.1 Å². The third-order valence-corrected chi connectivity index (χ3v) is 14.7. The first-order valence-corrected chi connectivity index (χ1v) is 25.6. The molecule has 2 amide bonds. The topological polar surface area (TPSA) is 76.7 Å². The van der Waals surface area contributed by atoms with Gasteiger partial charge in [-0.3, -0.25) is 0 Å². The Morgan fingerprint density at radius 1 is 0.383 bits per heavy atom. The highest BCUT2D eigenvalue weighted by Gasteiger charge is 2.30. The Labute approximate surface area is 368 Å². The summed E-state index contributed by atoms with van der Waals surface area (Å²) in [5, 5.41) is 5.91. The number of rotatable bonds is 29. The number of ether oxygens (including phenoxy) is 2. The predicted molar refractivity (Wildman–Crippen MR) is 254 cm³/mol. The maximum absolute atomic E-state index is 12.4. The zero-order valence-electron chi connectivity index (χ0n) is 35.8. The quantitative estimate of drug-likeness (QED) is 0.0419. The van der Waals surface area contributed by atoms with Crippen LogP contribution in [0.1, 0.15) is 150 Å². The molecule has 4 aromatic carbocycles. The van der Waals surface area contributed by atoms with E-state index >= 15 is 0 Å². The number of hydrogen-bond donors (Lipinski definition) is 2. The van der Waals surface area contributed by atoms with Gasteiger partial charge in [0.15, 0.2) is 0 Å². The number of carbonyl (C=O) groups is 2. The molecule has 8 heteroatoms. The summed E-state index contributed by atoms with van der Waals surface area (Å²) in [6.45, 7) is 2.12. The van der Waals surface area contributed by atoms with Gasteiger partial charge in [0.05, 0.1) is 0 Å². The van der Waals surface area contributed by atoms with Gasteiger partial charge in [-0.2, -0.15) is 0 Å². The van der Waals surface area contributed by atoms with Crippen LogP contribution in [0, 0.1) is 0 Å². The summed E-state index contributed by atoms with van der Waals surface area (Å²) in [4.78, 5) is 24.8. The van der Waals surface area contributed by atoms with E-state index < -0.39 is 0 Å². The number of benzene rings is 4. The molecule has 0 saturated heterocycles. The number of hydrogen-bond acceptors (Lipinski definition) is 6. The Morgan fingerprint density at radius 2 is 0.650 bits per heavy atom. The van der Waals surface area contributed by atoms with E-state index in [0.717, 1.165) is 25.7 Å². The van der Waals surface area contributed by atoms with Crippen LogP contribution in [0.25, 0.3) is 22.3 Å². The molecule has 0 aliphatic heterocycles. The number of carbonyl (C=O) groups excluding carboxylic acids is 2. The van der Waals surface area contributed by atoms with Gasteiger partial charge in [-0.05, 0) is 70.2 Å². The van der Waals surface area contributed by atoms with Crippen molar-refractivity contribution in [2.75, 3.05) is 37.8 Å². The molecule has 0 saturated carbocycles. The molecule has 322 valence electrons. The number of fused-ring (bicyclic) bond motifs is 6. The van der Waals surface area contributed by atoms with Crippen molar-refractivity contribution in [1.29, 1.82) is 0 Å². The van der Waals surface area contributed by atoms with Crippen LogP contribution >= 0.6 is 21.6 Å². The molecular weight excluding hydrogens is 781 g/mol. The van der Waals surface area contributed by atoms with Crippen molar-refractivity contribution >= 4 is 33.8 Å². The molecule has 6 nitrogen and oxygen atoms in total. The molecule has 0 atom stereocenters. The SMILES string of the molecule is O=C(NCCCCCCCCCCCSSCCCCCCCCCCCNC(=O)OCC1c2ccccc2-c2ccccc21)OCC1c2ccccc2-c2ccccc21. The summed E-state index contributed by atoms with van der Waals surface area (Å²) in [6, 6.07) is 33.8. The largest absolute Gasteiger partial charge is 0.449 e. The van der Waals surface area contributed by atoms with Gasteiger partial charge in [0.25, 0.3) is 0 Å². The molecule has 0 aromatic heterocycles. The fraction of sp³-hybridized carbons (Fsp3) is 0.500. The van der Waals surface area contributed by atoms with Crippen LogP contribution in [0.3, 0.4) is 0 Å². The van der Waals surface area contributed by atoms with Crippen molar-refractivity contribution in [2.45, 2.75) is 127 Å². The van der Waals surface area contributed by atoms with Crippen molar-refractivity contribution in [3.63, 3.8) is 0 Å². The van der Waals surface area contributed by atoms with Gasteiger partial charge in [0.1, 0.15) is 13.2 Å². The number of alkyl carbamates (subject to hydrolysis) is 2. The van der Waals surface area contributed by atoms with Crippen LogP contribution < -0.4 is 10.6 Å². The second-order valence-electron chi connectivity index (χ2n) is 16.5. The minimum absolute atomic E-state index is 0.107. The van der Waals surface area contributed by atoms with E-state index in [4.69, 9.17) is 9.47 Å². The van der Waals surface area contributed by atoms with Crippen LogP contribution in [-0.2, 0) is 9.47 Å². The smallest absolute Gasteiger partial charge is 0.407 e. The number of unbranched alkanes of at least 4 members (excludes halogenated alkanes) is 16. The monoisotopic (exact) mass is 848 g/mol. The Balaban J connectivity index is 0.630. The average molecular weight is 849 g/mol. The lowest BCUT2D eigenvalue weighted by Crippen LogP contribution is -2.27. The summed E-state index contributed by atoms with van der Waals surface area (Å²) in [5.74, 6) is 2.77. The minimum atomic E-state index is -0.305. The van der Waals surface area contributed by atoms with E-state index in [0.29, 0.717) is 26.3 Å². The Kier molecular flexibility index (Phi) is 20.1. The molecule has 60 heavy (non-hydrogen) atoms. The minimum Gasteiger partial charge on any atom is -0.449 e. The van der Waals surface area contributed by atoms with Gasteiger partial charge in [0, 0.05) is 36.4 Å². The Morgan fingerprint density at radius 3 is 0.967 bits per heavy atom. The second-order valence-corrected chi connectivity index (χ2v) is 19.2. The van der Waals surface area contributed by atoms with E-state index in [-0.39, 0.29) is 24.0 Å². The summed E-state index contributed by atoms with van der Waals surface area (Å²) in [6.07, 6.45) is 22.2. The van der Waals surface area contributed by atoms with Crippen LogP contribution in [0.5, 0.6) is 0 Å². The van der Waals surface area contributed by atoms with Gasteiger partial charge in [-0.1, -0.05) is 209 Å². The predicted octanol–water partition coefficient (Wildman–Crippen LogP) is 14.5. The molecule has 2 aliphatic carbocycles. The van der Waals surface area contributed by atoms with Crippen LogP contribution in [0.2, 0.25) is 0 Å². The lowest BCUT2D eigenvalue weighted by molar-refractivity contribution is 0.142. The van der Waals surface area contributed by atoms with Crippen molar-refractivity contribution in [3.8, 4) is 22.3 Å². The third kappa shape index (κ3) is 14.4. The zero-order valence-corrected chi connectivity index (χ0v) is 37.4. The van der Waals surface area contributed by atoms with Crippen LogP contribution in [-0.4, -0.2) is 50.0 Å². The van der Waals surface area contributed by atoms with Gasteiger partial charge in [-0.25, -0.2) is 9.59 Å². The standard InChI is InChI=1S/C52H68N2O4S2/c55-51(57-39-49-45-31-19-15-27-41(45)42-28-16-20-32-46(42)49)53-35-23-11-7-3-1-5-9-13-25-37-59-60-38-26-14-10-6-2-4-8-12-24-36-54-52(56)58-40-50-47-33-21-17-29-43(47)44-30-18-22-34-48(44)50/h15-22,27-34,49-50H,1-14,23-26,35-40H2,(H,53,55)(H,54,56).